The van der Waals surface area contributed by atoms with E-state index in [0.29, 0.717) is 0 Å². The lowest BCUT2D eigenvalue weighted by atomic mass is 10.0. The molecule has 0 saturated carbocycles. The summed E-state index contributed by atoms with van der Waals surface area (Å²) < 4.78 is 7.15. The van der Waals surface area contributed by atoms with Crippen LogP contribution >= 0.6 is 0 Å². The Balaban J connectivity index is 0.900. The first-order valence-electron chi connectivity index (χ1n) is 23.5. The van der Waals surface area contributed by atoms with Gasteiger partial charge in [0.25, 0.3) is 0 Å². The summed E-state index contributed by atoms with van der Waals surface area (Å²) in [5.41, 5.74) is 19.9. The van der Waals surface area contributed by atoms with Crippen LogP contribution in [-0.2, 0) is 0 Å². The van der Waals surface area contributed by atoms with E-state index in [1.54, 1.807) is 0 Å². The Morgan fingerprint density at radius 3 is 1.41 bits per heavy atom. The van der Waals surface area contributed by atoms with Crippen LogP contribution in [0.15, 0.2) is 249 Å². The minimum absolute atomic E-state index is 0.937. The number of pyridine rings is 2. The third-order valence-corrected chi connectivity index (χ3v) is 13.9. The predicted octanol–water partition coefficient (Wildman–Crippen LogP) is 16.4. The van der Waals surface area contributed by atoms with Gasteiger partial charge in [0.15, 0.2) is 0 Å². The molecule has 0 spiro atoms. The molecule has 5 nitrogen and oxygen atoms in total. The summed E-state index contributed by atoms with van der Waals surface area (Å²) in [6.45, 7) is 0. The smallest absolute Gasteiger partial charge is 0.0963 e. The lowest BCUT2D eigenvalue weighted by molar-refractivity contribution is 1.16. The zero-order valence-electron chi connectivity index (χ0n) is 37.4. The highest BCUT2D eigenvalue weighted by atomic mass is 15.0. The average Bonchev–Trinajstić information content (AvgIpc) is 4.06. The molecule has 0 aliphatic carbocycles. The van der Waals surface area contributed by atoms with Crippen LogP contribution in [0, 0.1) is 0 Å². The molecular weight excluding hydrogens is 839 g/mol. The van der Waals surface area contributed by atoms with Gasteiger partial charge in [-0.15, -0.1) is 0 Å². The van der Waals surface area contributed by atoms with Crippen LogP contribution in [0.4, 0.5) is 0 Å². The van der Waals surface area contributed by atoms with E-state index in [1.165, 1.54) is 32.6 Å². The van der Waals surface area contributed by atoms with E-state index in [-0.39, 0.29) is 0 Å². The van der Waals surface area contributed by atoms with Crippen LogP contribution in [0.25, 0.3) is 127 Å². The molecule has 0 aliphatic rings. The zero-order valence-corrected chi connectivity index (χ0v) is 37.4. The van der Waals surface area contributed by atoms with Gasteiger partial charge in [-0.25, -0.2) is 4.98 Å². The quantitative estimate of drug-likeness (QED) is 0.160. The summed E-state index contributed by atoms with van der Waals surface area (Å²) in [6.07, 6.45) is 1.89. The first-order valence-corrected chi connectivity index (χ1v) is 23.5. The first kappa shape index (κ1) is 38.9. The Morgan fingerprint density at radius 1 is 0.246 bits per heavy atom. The molecule has 322 valence electrons. The fraction of sp³-hybridized carbons (Fsp3) is 0. The minimum Gasteiger partial charge on any atom is -0.309 e. The van der Waals surface area contributed by atoms with E-state index in [1.807, 2.05) is 12.3 Å². The maximum Gasteiger partial charge on any atom is 0.0963 e. The lowest BCUT2D eigenvalue weighted by Gasteiger charge is -2.14. The molecular formula is C64H41N5. The van der Waals surface area contributed by atoms with E-state index >= 15 is 0 Å². The van der Waals surface area contributed by atoms with Crippen molar-refractivity contribution in [2.24, 2.45) is 0 Å². The summed E-state index contributed by atoms with van der Waals surface area (Å²) in [7, 11) is 0. The summed E-state index contributed by atoms with van der Waals surface area (Å²) >= 11 is 0. The van der Waals surface area contributed by atoms with Crippen molar-refractivity contribution in [3.63, 3.8) is 0 Å². The summed E-state index contributed by atoms with van der Waals surface area (Å²) in [4.78, 5) is 10.1. The standard InChI is InChI=1S/C64H41N5/c1-4-16-42(17-5-1)56-40-50(41-57(66-56)43-18-6-2-7-19-43)69-58-26-12-10-24-51(58)53-32-29-47(39-63(53)69)45-30-33-60-54(37-45)52-25-11-13-27-59(52)68(60)49-23-14-20-44(36-49)46-31-34-61-55(38-46)64-62(28-15-35-65-64)67(61)48-21-8-3-9-22-48/h1-41H. The molecule has 14 rings (SSSR count). The normalized spacial score (nSPS) is 11.8. The molecule has 69 heavy (non-hydrogen) atoms. The molecule has 0 bridgehead atoms. The highest BCUT2D eigenvalue weighted by Crippen LogP contribution is 2.41. The van der Waals surface area contributed by atoms with Gasteiger partial charge in [0.05, 0.1) is 55.7 Å². The molecule has 0 unspecified atom stereocenters. The van der Waals surface area contributed by atoms with Crippen molar-refractivity contribution in [3.05, 3.63) is 249 Å². The molecule has 0 saturated heterocycles. The summed E-state index contributed by atoms with van der Waals surface area (Å²) in [6, 6.07) is 87.3. The molecule has 0 fully saturated rings. The van der Waals surface area contributed by atoms with Gasteiger partial charge in [0.2, 0.25) is 0 Å². The van der Waals surface area contributed by atoms with Crippen molar-refractivity contribution in [1.29, 1.82) is 0 Å². The van der Waals surface area contributed by atoms with Crippen molar-refractivity contribution in [1.82, 2.24) is 23.7 Å². The number of rotatable bonds is 7. The van der Waals surface area contributed by atoms with Gasteiger partial charge < -0.3 is 13.7 Å². The Morgan fingerprint density at radius 2 is 0.710 bits per heavy atom. The molecule has 9 aromatic carbocycles. The van der Waals surface area contributed by atoms with Gasteiger partial charge >= 0.3 is 0 Å². The maximum absolute atomic E-state index is 5.22. The van der Waals surface area contributed by atoms with Gasteiger partial charge in [0, 0.05) is 55.6 Å². The molecule has 0 aliphatic heterocycles. The van der Waals surface area contributed by atoms with E-state index < -0.39 is 0 Å². The van der Waals surface area contributed by atoms with Crippen LogP contribution < -0.4 is 0 Å². The van der Waals surface area contributed by atoms with Crippen LogP contribution in [-0.4, -0.2) is 23.7 Å². The third kappa shape index (κ3) is 6.32. The van der Waals surface area contributed by atoms with E-state index in [4.69, 9.17) is 9.97 Å². The molecule has 14 aromatic rings. The second-order valence-corrected chi connectivity index (χ2v) is 17.8. The van der Waals surface area contributed by atoms with Crippen LogP contribution in [0.5, 0.6) is 0 Å². The van der Waals surface area contributed by atoms with Crippen molar-refractivity contribution in [2.75, 3.05) is 0 Å². The van der Waals surface area contributed by atoms with Crippen molar-refractivity contribution in [3.8, 4) is 61.8 Å². The van der Waals surface area contributed by atoms with Crippen LogP contribution in [0.3, 0.4) is 0 Å². The van der Waals surface area contributed by atoms with Gasteiger partial charge in [-0.3, -0.25) is 4.98 Å². The highest BCUT2D eigenvalue weighted by molar-refractivity contribution is 6.13. The topological polar surface area (TPSA) is 40.6 Å². The third-order valence-electron chi connectivity index (χ3n) is 13.9. The molecule has 0 amide bonds. The van der Waals surface area contributed by atoms with Gasteiger partial charge in [-0.05, 0) is 113 Å². The fourth-order valence-electron chi connectivity index (χ4n) is 10.7. The van der Waals surface area contributed by atoms with Crippen molar-refractivity contribution in [2.45, 2.75) is 0 Å². The molecule has 5 heteroatoms. The van der Waals surface area contributed by atoms with E-state index in [2.05, 4.69) is 250 Å². The van der Waals surface area contributed by atoms with Crippen molar-refractivity contribution >= 4 is 65.5 Å². The summed E-state index contributed by atoms with van der Waals surface area (Å²) in [5.74, 6) is 0. The maximum atomic E-state index is 5.22. The van der Waals surface area contributed by atoms with Crippen LogP contribution in [0.2, 0.25) is 0 Å². The summed E-state index contributed by atoms with van der Waals surface area (Å²) in [5, 5.41) is 5.99. The van der Waals surface area contributed by atoms with Gasteiger partial charge in [-0.2, -0.15) is 0 Å². The molecule has 0 N–H and O–H groups in total. The lowest BCUT2D eigenvalue weighted by Crippen LogP contribution is -1.98. The number of fused-ring (bicyclic) bond motifs is 9. The number of aromatic nitrogens is 5. The Labute approximate surface area is 398 Å². The minimum atomic E-state index is 0.937. The molecule has 5 aromatic heterocycles. The number of benzene rings is 9. The molecule has 5 heterocycles. The predicted molar refractivity (Wildman–Crippen MR) is 287 cm³/mol. The fourth-order valence-corrected chi connectivity index (χ4v) is 10.7. The zero-order chi connectivity index (χ0) is 45.4. The van der Waals surface area contributed by atoms with Gasteiger partial charge in [-0.1, -0.05) is 152 Å². The Kier molecular flexibility index (Phi) is 8.83. The van der Waals surface area contributed by atoms with E-state index in [0.717, 1.165) is 94.8 Å². The monoisotopic (exact) mass is 879 g/mol. The Bertz CT molecular complexity index is 4240. The molecule has 0 atom stereocenters. The van der Waals surface area contributed by atoms with Gasteiger partial charge in [0.1, 0.15) is 0 Å². The van der Waals surface area contributed by atoms with Crippen molar-refractivity contribution < 1.29 is 0 Å². The largest absolute Gasteiger partial charge is 0.309 e. The SMILES string of the molecule is c1ccc(-c2cc(-n3c4ccccc4c4ccc(-c5ccc6c(c5)c5ccccc5n6-c5cccc(-c6ccc7c(c6)c6ncccc6n7-c6ccccc6)c5)cc43)cc(-c3ccccc3)n2)cc1. The second kappa shape index (κ2) is 15.7. The highest BCUT2D eigenvalue weighted by Gasteiger charge is 2.19. The number of hydrogen-bond donors (Lipinski definition) is 0. The van der Waals surface area contributed by atoms with E-state index in [9.17, 15) is 0 Å². The number of hydrogen-bond acceptors (Lipinski definition) is 2. The Hall–Kier alpha value is -9.32. The van der Waals surface area contributed by atoms with Crippen LogP contribution in [0.1, 0.15) is 0 Å². The number of para-hydroxylation sites is 3. The average molecular weight is 880 g/mol. The molecule has 0 radical (unpaired) electrons. The second-order valence-electron chi connectivity index (χ2n) is 17.8. The first-order chi connectivity index (χ1) is 34.2. The number of nitrogens with zero attached hydrogens (tertiary/aromatic N) is 5.